The van der Waals surface area contributed by atoms with Gasteiger partial charge >= 0.3 is 0 Å². The maximum atomic E-state index is 12.0. The minimum absolute atomic E-state index is 0.0573. The summed E-state index contributed by atoms with van der Waals surface area (Å²) in [5.74, 6) is -0.0420. The summed E-state index contributed by atoms with van der Waals surface area (Å²) < 4.78 is 4.85. The van der Waals surface area contributed by atoms with E-state index in [9.17, 15) is 9.59 Å². The molecule has 0 unspecified atom stereocenters. The highest BCUT2D eigenvalue weighted by Crippen LogP contribution is 2.17. The first-order valence-corrected chi connectivity index (χ1v) is 7.44. The van der Waals surface area contributed by atoms with Gasteiger partial charge in [0.25, 0.3) is 0 Å². The van der Waals surface area contributed by atoms with Crippen LogP contribution in [-0.4, -0.2) is 57.0 Å². The zero-order chi connectivity index (χ0) is 15.0. The number of nitrogens with zero attached hydrogens (tertiary/aromatic N) is 1. The lowest BCUT2D eigenvalue weighted by atomic mass is 10.3. The van der Waals surface area contributed by atoms with Crippen LogP contribution in [0.4, 0.5) is 0 Å². The Morgan fingerprint density at radius 2 is 2.10 bits per heavy atom. The van der Waals surface area contributed by atoms with Crippen LogP contribution in [-0.2, 0) is 16.0 Å². The maximum Gasteiger partial charge on any atom is 0.234 e. The number of ether oxygens (including phenoxy) is 1. The lowest BCUT2D eigenvalue weighted by Crippen LogP contribution is -2.38. The normalized spacial score (nSPS) is 10.8. The van der Waals surface area contributed by atoms with Crippen LogP contribution in [0.3, 0.4) is 0 Å². The van der Waals surface area contributed by atoms with Crippen molar-refractivity contribution in [1.82, 2.24) is 10.2 Å². The van der Waals surface area contributed by atoms with Crippen LogP contribution in [0.5, 0.6) is 0 Å². The van der Waals surface area contributed by atoms with Gasteiger partial charge in [-0.3, -0.25) is 14.5 Å². The van der Waals surface area contributed by atoms with E-state index in [0.29, 0.717) is 13.2 Å². The summed E-state index contributed by atoms with van der Waals surface area (Å²) in [5.41, 5.74) is 0. The standard InChI is InChI=1S/C14H22N2O3S/c1-4-11-5-6-13(20-11)12(17)9-16(2)10-14(18)15-7-8-19-3/h5-6H,4,7-10H2,1-3H3,(H,15,18). The molecule has 0 aliphatic rings. The molecule has 0 aromatic carbocycles. The van der Waals surface area contributed by atoms with Crippen LogP contribution in [0.1, 0.15) is 21.5 Å². The molecule has 5 nitrogen and oxygen atoms in total. The molecule has 20 heavy (non-hydrogen) atoms. The summed E-state index contributed by atoms with van der Waals surface area (Å²) in [6.07, 6.45) is 0.940. The second kappa shape index (κ2) is 8.84. The molecule has 0 aliphatic heterocycles. The highest BCUT2D eigenvalue weighted by atomic mass is 32.1. The quantitative estimate of drug-likeness (QED) is 0.549. The average Bonchev–Trinajstić information content (AvgIpc) is 2.87. The molecule has 1 amide bonds. The number of rotatable bonds is 9. The molecule has 0 atom stereocenters. The lowest BCUT2D eigenvalue weighted by molar-refractivity contribution is -0.122. The van der Waals surface area contributed by atoms with Gasteiger partial charge in [-0.1, -0.05) is 6.92 Å². The van der Waals surface area contributed by atoms with E-state index in [1.165, 1.54) is 16.2 Å². The fourth-order valence-corrected chi connectivity index (χ4v) is 2.57. The molecular weight excluding hydrogens is 276 g/mol. The second-order valence-electron chi connectivity index (χ2n) is 4.56. The van der Waals surface area contributed by atoms with Crippen LogP contribution >= 0.6 is 11.3 Å². The molecule has 0 radical (unpaired) electrons. The van der Waals surface area contributed by atoms with Crippen molar-refractivity contribution in [2.45, 2.75) is 13.3 Å². The Morgan fingerprint density at radius 1 is 1.35 bits per heavy atom. The van der Waals surface area contributed by atoms with Crippen molar-refractivity contribution in [3.05, 3.63) is 21.9 Å². The molecular formula is C14H22N2O3S. The molecule has 112 valence electrons. The molecule has 1 aromatic rings. The number of thiophene rings is 1. The summed E-state index contributed by atoms with van der Waals surface area (Å²) in [4.78, 5) is 27.3. The number of Topliss-reactive ketones (excluding diaryl/α,β-unsaturated/α-hetero) is 1. The Kier molecular flexibility index (Phi) is 7.43. The third-order valence-corrected chi connectivity index (χ3v) is 4.01. The van der Waals surface area contributed by atoms with E-state index < -0.39 is 0 Å². The van der Waals surface area contributed by atoms with Gasteiger partial charge in [0, 0.05) is 18.5 Å². The zero-order valence-electron chi connectivity index (χ0n) is 12.3. The van der Waals surface area contributed by atoms with E-state index in [1.54, 1.807) is 19.1 Å². The van der Waals surface area contributed by atoms with Gasteiger partial charge in [0.05, 0.1) is 24.6 Å². The van der Waals surface area contributed by atoms with E-state index >= 15 is 0 Å². The highest BCUT2D eigenvalue weighted by Gasteiger charge is 2.13. The van der Waals surface area contributed by atoms with Crippen molar-refractivity contribution in [2.75, 3.05) is 40.4 Å². The summed E-state index contributed by atoms with van der Waals surface area (Å²) in [7, 11) is 3.35. The van der Waals surface area contributed by atoms with Crippen molar-refractivity contribution < 1.29 is 14.3 Å². The minimum Gasteiger partial charge on any atom is -0.383 e. The molecule has 0 fully saturated rings. The van der Waals surface area contributed by atoms with Crippen LogP contribution < -0.4 is 5.32 Å². The highest BCUT2D eigenvalue weighted by molar-refractivity contribution is 7.14. The van der Waals surface area contributed by atoms with Crippen LogP contribution in [0.2, 0.25) is 0 Å². The van der Waals surface area contributed by atoms with E-state index in [1.807, 2.05) is 12.1 Å². The van der Waals surface area contributed by atoms with Crippen molar-refractivity contribution in [2.24, 2.45) is 0 Å². The predicted molar refractivity (Wildman–Crippen MR) is 80.4 cm³/mol. The smallest absolute Gasteiger partial charge is 0.234 e. The SMILES string of the molecule is CCc1ccc(C(=O)CN(C)CC(=O)NCCOC)s1. The van der Waals surface area contributed by atoms with Crippen molar-refractivity contribution in [3.8, 4) is 0 Å². The zero-order valence-corrected chi connectivity index (χ0v) is 13.1. The van der Waals surface area contributed by atoms with Crippen LogP contribution in [0, 0.1) is 0 Å². The monoisotopic (exact) mass is 298 g/mol. The number of carbonyl (C=O) groups excluding carboxylic acids is 2. The topological polar surface area (TPSA) is 58.6 Å². The van der Waals surface area contributed by atoms with Gasteiger partial charge in [0.1, 0.15) is 0 Å². The number of ketones is 1. The number of amides is 1. The van der Waals surface area contributed by atoms with Gasteiger partial charge in [-0.05, 0) is 25.6 Å². The number of hydrogen-bond donors (Lipinski definition) is 1. The fourth-order valence-electron chi connectivity index (χ4n) is 1.69. The number of aryl methyl sites for hydroxylation is 1. The number of methoxy groups -OCH3 is 1. The molecule has 0 saturated heterocycles. The third kappa shape index (κ3) is 5.81. The van der Waals surface area contributed by atoms with Gasteiger partial charge in [-0.2, -0.15) is 0 Å². The van der Waals surface area contributed by atoms with Gasteiger partial charge in [-0.25, -0.2) is 0 Å². The summed E-state index contributed by atoms with van der Waals surface area (Å²) in [6.45, 7) is 3.50. The maximum absolute atomic E-state index is 12.0. The first-order chi connectivity index (χ1) is 9.56. The summed E-state index contributed by atoms with van der Waals surface area (Å²) in [6, 6.07) is 3.84. The van der Waals surface area contributed by atoms with E-state index in [4.69, 9.17) is 4.74 Å². The average molecular weight is 298 g/mol. The van der Waals surface area contributed by atoms with Gasteiger partial charge in [0.15, 0.2) is 5.78 Å². The molecule has 1 N–H and O–H groups in total. The first kappa shape index (κ1) is 16.8. The molecule has 1 aromatic heterocycles. The Morgan fingerprint density at radius 3 is 2.70 bits per heavy atom. The Hall–Kier alpha value is -1.24. The molecule has 1 heterocycles. The second-order valence-corrected chi connectivity index (χ2v) is 5.73. The Labute approximate surface area is 123 Å². The van der Waals surface area contributed by atoms with Gasteiger partial charge in [-0.15, -0.1) is 11.3 Å². The number of hydrogen-bond acceptors (Lipinski definition) is 5. The Balaban J connectivity index is 2.35. The molecule has 0 aliphatic carbocycles. The summed E-state index contributed by atoms with van der Waals surface area (Å²) >= 11 is 1.53. The van der Waals surface area contributed by atoms with Gasteiger partial charge < -0.3 is 10.1 Å². The molecule has 1 rings (SSSR count). The molecule has 6 heteroatoms. The largest absolute Gasteiger partial charge is 0.383 e. The van der Waals surface area contributed by atoms with Crippen LogP contribution in [0.15, 0.2) is 12.1 Å². The van der Waals surface area contributed by atoms with Gasteiger partial charge in [0.2, 0.25) is 5.91 Å². The van der Waals surface area contributed by atoms with E-state index in [2.05, 4.69) is 12.2 Å². The van der Waals surface area contributed by atoms with E-state index in [0.717, 1.165) is 11.3 Å². The molecule has 0 bridgehead atoms. The lowest BCUT2D eigenvalue weighted by Gasteiger charge is -2.14. The third-order valence-electron chi connectivity index (χ3n) is 2.74. The first-order valence-electron chi connectivity index (χ1n) is 6.63. The minimum atomic E-state index is -0.0993. The molecule has 0 spiro atoms. The fraction of sp³-hybridized carbons (Fsp3) is 0.571. The predicted octanol–water partition coefficient (Wildman–Crippen LogP) is 1.19. The van der Waals surface area contributed by atoms with Crippen LogP contribution in [0.25, 0.3) is 0 Å². The number of likely N-dealkylation sites (N-methyl/N-ethyl adjacent to an activating group) is 1. The van der Waals surface area contributed by atoms with Crippen molar-refractivity contribution in [1.29, 1.82) is 0 Å². The van der Waals surface area contributed by atoms with Crippen molar-refractivity contribution in [3.63, 3.8) is 0 Å². The number of carbonyl (C=O) groups is 2. The summed E-state index contributed by atoms with van der Waals surface area (Å²) in [5, 5.41) is 2.73. The Bertz CT molecular complexity index is 445. The number of nitrogens with one attached hydrogen (secondary N) is 1. The van der Waals surface area contributed by atoms with Crippen molar-refractivity contribution >= 4 is 23.0 Å². The van der Waals surface area contributed by atoms with E-state index in [-0.39, 0.29) is 24.8 Å². The molecule has 0 saturated carbocycles.